The SMILES string of the molecule is CC1(C)Cc2c(cnn2C2CCCCCC2)C(N)C1. The number of hydrogen-bond donors (Lipinski definition) is 1. The van der Waals surface area contributed by atoms with Gasteiger partial charge in [0.15, 0.2) is 0 Å². The molecular formula is C16H27N3. The van der Waals surface area contributed by atoms with Crippen molar-refractivity contribution in [3.05, 3.63) is 17.5 Å². The second-order valence-corrected chi connectivity index (χ2v) is 7.29. The lowest BCUT2D eigenvalue weighted by Crippen LogP contribution is -2.31. The number of nitrogens with two attached hydrogens (primary N) is 1. The van der Waals surface area contributed by atoms with E-state index in [0.29, 0.717) is 11.5 Å². The smallest absolute Gasteiger partial charge is 0.0540 e. The molecule has 2 aliphatic carbocycles. The number of hydrogen-bond acceptors (Lipinski definition) is 2. The van der Waals surface area contributed by atoms with E-state index < -0.39 is 0 Å². The fraction of sp³-hybridized carbons (Fsp3) is 0.812. The number of rotatable bonds is 1. The predicted octanol–water partition coefficient (Wildman–Crippen LogP) is 3.75. The van der Waals surface area contributed by atoms with Gasteiger partial charge in [0.05, 0.1) is 12.2 Å². The second-order valence-electron chi connectivity index (χ2n) is 7.29. The van der Waals surface area contributed by atoms with Crippen LogP contribution in [0.4, 0.5) is 0 Å². The molecule has 3 heteroatoms. The summed E-state index contributed by atoms with van der Waals surface area (Å²) in [4.78, 5) is 0. The summed E-state index contributed by atoms with van der Waals surface area (Å²) in [6.07, 6.45) is 12.3. The monoisotopic (exact) mass is 261 g/mol. The highest BCUT2D eigenvalue weighted by molar-refractivity contribution is 5.27. The first-order valence-corrected chi connectivity index (χ1v) is 7.89. The maximum atomic E-state index is 6.34. The molecule has 0 radical (unpaired) electrons. The van der Waals surface area contributed by atoms with Crippen LogP contribution in [-0.4, -0.2) is 9.78 Å². The summed E-state index contributed by atoms with van der Waals surface area (Å²) in [6.45, 7) is 4.67. The molecule has 1 heterocycles. The van der Waals surface area contributed by atoms with Gasteiger partial charge in [-0.3, -0.25) is 4.68 Å². The van der Waals surface area contributed by atoms with Crippen molar-refractivity contribution in [2.75, 3.05) is 0 Å². The summed E-state index contributed by atoms with van der Waals surface area (Å²) in [5.74, 6) is 0. The van der Waals surface area contributed by atoms with Crippen LogP contribution in [0.3, 0.4) is 0 Å². The summed E-state index contributed by atoms with van der Waals surface area (Å²) in [7, 11) is 0. The molecule has 2 aliphatic rings. The van der Waals surface area contributed by atoms with Crippen molar-refractivity contribution in [3.8, 4) is 0 Å². The first-order chi connectivity index (χ1) is 9.07. The van der Waals surface area contributed by atoms with Gasteiger partial charge in [-0.25, -0.2) is 0 Å². The van der Waals surface area contributed by atoms with E-state index in [9.17, 15) is 0 Å². The van der Waals surface area contributed by atoms with Crippen molar-refractivity contribution in [3.63, 3.8) is 0 Å². The third-order valence-corrected chi connectivity index (χ3v) is 4.92. The first kappa shape index (κ1) is 13.2. The molecule has 1 atom stereocenters. The fourth-order valence-corrected chi connectivity index (χ4v) is 3.94. The summed E-state index contributed by atoms with van der Waals surface area (Å²) >= 11 is 0. The predicted molar refractivity (Wildman–Crippen MR) is 78.0 cm³/mol. The lowest BCUT2D eigenvalue weighted by molar-refractivity contribution is 0.265. The largest absolute Gasteiger partial charge is 0.324 e. The molecule has 0 amide bonds. The Morgan fingerprint density at radius 2 is 1.89 bits per heavy atom. The van der Waals surface area contributed by atoms with Crippen LogP contribution in [0.15, 0.2) is 6.20 Å². The molecule has 0 aromatic carbocycles. The van der Waals surface area contributed by atoms with E-state index in [1.165, 1.54) is 49.8 Å². The van der Waals surface area contributed by atoms with Crippen molar-refractivity contribution >= 4 is 0 Å². The molecule has 106 valence electrons. The van der Waals surface area contributed by atoms with Crippen LogP contribution in [0.1, 0.15) is 82.1 Å². The van der Waals surface area contributed by atoms with Crippen LogP contribution in [-0.2, 0) is 6.42 Å². The van der Waals surface area contributed by atoms with Crippen LogP contribution in [0.5, 0.6) is 0 Å². The van der Waals surface area contributed by atoms with Gasteiger partial charge < -0.3 is 5.73 Å². The van der Waals surface area contributed by atoms with Gasteiger partial charge in [-0.2, -0.15) is 5.10 Å². The Morgan fingerprint density at radius 1 is 1.21 bits per heavy atom. The normalized spacial score (nSPS) is 27.8. The van der Waals surface area contributed by atoms with Crippen molar-refractivity contribution in [2.45, 2.75) is 77.3 Å². The fourth-order valence-electron chi connectivity index (χ4n) is 3.94. The standard InChI is InChI=1S/C16H27N3/c1-16(2)9-14(17)13-11-18-19(15(13)10-16)12-7-5-3-4-6-8-12/h11-12,14H,3-10,17H2,1-2H3. The van der Waals surface area contributed by atoms with Gasteiger partial charge in [-0.1, -0.05) is 39.5 Å². The zero-order valence-corrected chi connectivity index (χ0v) is 12.4. The van der Waals surface area contributed by atoms with Crippen molar-refractivity contribution in [2.24, 2.45) is 11.1 Å². The molecule has 19 heavy (non-hydrogen) atoms. The molecule has 0 aliphatic heterocycles. The van der Waals surface area contributed by atoms with Crippen LogP contribution < -0.4 is 5.73 Å². The highest BCUT2D eigenvalue weighted by atomic mass is 15.3. The van der Waals surface area contributed by atoms with Crippen LogP contribution in [0.25, 0.3) is 0 Å². The Labute approximate surface area is 116 Å². The quantitative estimate of drug-likeness (QED) is 0.782. The zero-order chi connectivity index (χ0) is 13.5. The lowest BCUT2D eigenvalue weighted by atomic mass is 9.74. The molecule has 1 aromatic rings. The third kappa shape index (κ3) is 2.58. The summed E-state index contributed by atoms with van der Waals surface area (Å²) in [5.41, 5.74) is 9.39. The van der Waals surface area contributed by atoms with Crippen molar-refractivity contribution in [1.82, 2.24) is 9.78 Å². The number of nitrogens with zero attached hydrogens (tertiary/aromatic N) is 2. The Bertz CT molecular complexity index is 439. The molecule has 0 bridgehead atoms. The Hall–Kier alpha value is -0.830. The average molecular weight is 261 g/mol. The molecule has 1 fully saturated rings. The molecular weight excluding hydrogens is 234 g/mol. The van der Waals surface area contributed by atoms with Gasteiger partial charge >= 0.3 is 0 Å². The minimum absolute atomic E-state index is 0.179. The minimum atomic E-state index is 0.179. The summed E-state index contributed by atoms with van der Waals surface area (Å²) in [5, 5.41) is 4.72. The molecule has 3 nitrogen and oxygen atoms in total. The van der Waals surface area contributed by atoms with Crippen molar-refractivity contribution in [1.29, 1.82) is 0 Å². The zero-order valence-electron chi connectivity index (χ0n) is 12.4. The Balaban J connectivity index is 1.91. The molecule has 1 saturated carbocycles. The van der Waals surface area contributed by atoms with E-state index in [1.54, 1.807) is 0 Å². The van der Waals surface area contributed by atoms with E-state index in [0.717, 1.165) is 12.8 Å². The minimum Gasteiger partial charge on any atom is -0.324 e. The van der Waals surface area contributed by atoms with Gasteiger partial charge in [-0.05, 0) is 31.1 Å². The molecule has 1 unspecified atom stereocenters. The van der Waals surface area contributed by atoms with E-state index >= 15 is 0 Å². The van der Waals surface area contributed by atoms with Crippen LogP contribution in [0, 0.1) is 5.41 Å². The summed E-state index contributed by atoms with van der Waals surface area (Å²) in [6, 6.07) is 0.797. The van der Waals surface area contributed by atoms with Gasteiger partial charge in [0.2, 0.25) is 0 Å². The first-order valence-electron chi connectivity index (χ1n) is 7.89. The Morgan fingerprint density at radius 3 is 2.58 bits per heavy atom. The number of fused-ring (bicyclic) bond motifs is 1. The van der Waals surface area contributed by atoms with Gasteiger partial charge in [0.25, 0.3) is 0 Å². The number of aromatic nitrogens is 2. The molecule has 2 N–H and O–H groups in total. The second kappa shape index (κ2) is 4.93. The van der Waals surface area contributed by atoms with Gasteiger partial charge in [-0.15, -0.1) is 0 Å². The van der Waals surface area contributed by atoms with Gasteiger partial charge in [0.1, 0.15) is 0 Å². The van der Waals surface area contributed by atoms with E-state index in [1.807, 2.05) is 6.20 Å². The van der Waals surface area contributed by atoms with E-state index in [4.69, 9.17) is 10.8 Å². The highest BCUT2D eigenvalue weighted by Gasteiger charge is 2.34. The van der Waals surface area contributed by atoms with Crippen LogP contribution >= 0.6 is 0 Å². The van der Waals surface area contributed by atoms with E-state index in [-0.39, 0.29) is 6.04 Å². The molecule has 0 saturated heterocycles. The van der Waals surface area contributed by atoms with Crippen molar-refractivity contribution < 1.29 is 0 Å². The third-order valence-electron chi connectivity index (χ3n) is 4.92. The lowest BCUT2D eigenvalue weighted by Gasteiger charge is -2.34. The van der Waals surface area contributed by atoms with E-state index in [2.05, 4.69) is 18.5 Å². The topological polar surface area (TPSA) is 43.8 Å². The average Bonchev–Trinajstić information content (AvgIpc) is 2.58. The maximum absolute atomic E-state index is 6.34. The molecule has 1 aromatic heterocycles. The maximum Gasteiger partial charge on any atom is 0.0540 e. The molecule has 0 spiro atoms. The van der Waals surface area contributed by atoms with Gasteiger partial charge in [0, 0.05) is 17.3 Å². The summed E-state index contributed by atoms with van der Waals surface area (Å²) < 4.78 is 2.33. The van der Waals surface area contributed by atoms with Crippen LogP contribution in [0.2, 0.25) is 0 Å². The Kier molecular flexibility index (Phi) is 3.42. The highest BCUT2D eigenvalue weighted by Crippen LogP contribution is 2.41. The molecule has 3 rings (SSSR count).